The molecular weight excluding hydrogens is 426 g/mol. The van der Waals surface area contributed by atoms with Gasteiger partial charge in [-0.05, 0) is 48.4 Å². The summed E-state index contributed by atoms with van der Waals surface area (Å²) in [5.41, 5.74) is 3.65. The molecule has 0 spiro atoms. The van der Waals surface area contributed by atoms with E-state index < -0.39 is 17.8 Å². The monoisotopic (exact) mass is 459 g/mol. The third-order valence-electron chi connectivity index (χ3n) is 6.51. The zero-order chi connectivity index (χ0) is 24.3. The van der Waals surface area contributed by atoms with Crippen LogP contribution in [0.25, 0.3) is 0 Å². The Morgan fingerprint density at radius 1 is 1.03 bits per heavy atom. The fourth-order valence-corrected chi connectivity index (χ4v) is 5.01. The molecule has 4 rings (SSSR count). The Hall–Kier alpha value is -3.21. The van der Waals surface area contributed by atoms with Crippen molar-refractivity contribution >= 4 is 17.5 Å². The summed E-state index contributed by atoms with van der Waals surface area (Å²) in [7, 11) is 0. The van der Waals surface area contributed by atoms with Crippen molar-refractivity contribution in [2.24, 2.45) is 16.3 Å². The lowest BCUT2D eigenvalue weighted by Gasteiger charge is -2.41. The van der Waals surface area contributed by atoms with Crippen LogP contribution >= 0.6 is 0 Å². The predicted molar refractivity (Wildman–Crippen MR) is 133 cm³/mol. The van der Waals surface area contributed by atoms with Crippen LogP contribution in [-0.2, 0) is 20.9 Å². The minimum atomic E-state index is -0.446. The molecule has 2 aliphatic rings. The molecule has 1 saturated carbocycles. The number of ether oxygens (including phenoxy) is 2. The van der Waals surface area contributed by atoms with E-state index in [1.165, 1.54) is 0 Å². The van der Waals surface area contributed by atoms with Gasteiger partial charge in [0.1, 0.15) is 18.1 Å². The lowest BCUT2D eigenvalue weighted by molar-refractivity contribution is -0.140. The first-order chi connectivity index (χ1) is 16.3. The molecule has 178 valence electrons. The fourth-order valence-electron chi connectivity index (χ4n) is 5.01. The van der Waals surface area contributed by atoms with Crippen molar-refractivity contribution in [1.29, 1.82) is 0 Å². The van der Waals surface area contributed by atoms with Crippen LogP contribution in [0.1, 0.15) is 64.0 Å². The molecule has 0 radical (unpaired) electrons. The number of ketones is 1. The van der Waals surface area contributed by atoms with Gasteiger partial charge in [0.05, 0.1) is 18.1 Å². The molecule has 1 unspecified atom stereocenters. The van der Waals surface area contributed by atoms with Gasteiger partial charge in [0.2, 0.25) is 0 Å². The second-order valence-corrected chi connectivity index (χ2v) is 10.0. The van der Waals surface area contributed by atoms with Crippen molar-refractivity contribution in [2.45, 2.75) is 59.5 Å². The maximum atomic E-state index is 13.4. The van der Waals surface area contributed by atoms with Crippen LogP contribution in [-0.4, -0.2) is 24.1 Å². The van der Waals surface area contributed by atoms with Gasteiger partial charge in [-0.2, -0.15) is 0 Å². The Bertz CT molecular complexity index is 1110. The van der Waals surface area contributed by atoms with Crippen LogP contribution in [0, 0.1) is 11.3 Å². The average Bonchev–Trinajstić information content (AvgIpc) is 2.80. The summed E-state index contributed by atoms with van der Waals surface area (Å²) in [5.74, 6) is -0.372. The maximum Gasteiger partial charge on any atom is 0.336 e. The number of carbonyl (C=O) groups is 2. The van der Waals surface area contributed by atoms with E-state index in [0.29, 0.717) is 24.3 Å². The van der Waals surface area contributed by atoms with E-state index in [9.17, 15) is 9.59 Å². The van der Waals surface area contributed by atoms with Crippen molar-refractivity contribution in [3.8, 4) is 5.75 Å². The van der Waals surface area contributed by atoms with Crippen LogP contribution in [0.5, 0.6) is 5.75 Å². The number of esters is 1. The number of fused-ring (bicyclic) bond motifs is 1. The third-order valence-corrected chi connectivity index (χ3v) is 6.51. The lowest BCUT2D eigenvalue weighted by Crippen LogP contribution is -2.44. The van der Waals surface area contributed by atoms with Crippen LogP contribution in [0.15, 0.2) is 70.9 Å². The van der Waals surface area contributed by atoms with Gasteiger partial charge in [-0.15, -0.1) is 0 Å². The van der Waals surface area contributed by atoms with Gasteiger partial charge in [-0.25, -0.2) is 4.79 Å². The third kappa shape index (κ3) is 5.14. The molecule has 2 atom stereocenters. The Morgan fingerprint density at radius 2 is 1.74 bits per heavy atom. The summed E-state index contributed by atoms with van der Waals surface area (Å²) in [4.78, 5) is 31.6. The number of aliphatic imine (C=N–C) groups is 1. The molecule has 2 aromatic rings. The zero-order valence-electron chi connectivity index (χ0n) is 20.5. The first-order valence-electron chi connectivity index (χ1n) is 12.0. The molecule has 1 aliphatic carbocycles. The molecule has 2 aromatic carbocycles. The molecule has 0 aromatic heterocycles. The van der Waals surface area contributed by atoms with Crippen molar-refractivity contribution in [3.63, 3.8) is 0 Å². The maximum absolute atomic E-state index is 13.4. The number of Topliss-reactive ketones (excluding diaryl/α,β-unsaturated/α-hetero) is 1. The number of carbonyl (C=O) groups excluding carboxylic acids is 2. The molecule has 34 heavy (non-hydrogen) atoms. The quantitative estimate of drug-likeness (QED) is 0.474. The van der Waals surface area contributed by atoms with Gasteiger partial charge >= 0.3 is 5.97 Å². The van der Waals surface area contributed by atoms with Gasteiger partial charge < -0.3 is 9.47 Å². The molecule has 0 saturated heterocycles. The highest BCUT2D eigenvalue weighted by Gasteiger charge is 2.47. The summed E-state index contributed by atoms with van der Waals surface area (Å²) in [6, 6.07) is 17.3. The second kappa shape index (κ2) is 9.96. The van der Waals surface area contributed by atoms with E-state index in [1.807, 2.05) is 61.5 Å². The molecule has 0 bridgehead atoms. The first kappa shape index (κ1) is 23.9. The van der Waals surface area contributed by atoms with Crippen molar-refractivity contribution in [2.75, 3.05) is 6.61 Å². The molecular formula is C29H33NO4. The molecule has 1 aliphatic heterocycles. The van der Waals surface area contributed by atoms with Crippen LogP contribution in [0.2, 0.25) is 0 Å². The Morgan fingerprint density at radius 3 is 2.41 bits per heavy atom. The number of hydrogen-bond donors (Lipinski definition) is 0. The van der Waals surface area contributed by atoms with E-state index in [0.717, 1.165) is 35.4 Å². The standard InChI is InChI=1S/C29H33NO4/c1-5-15-33-22-13-11-21(12-14-22)26-25(28(32)34-18-20-9-7-6-8-10-20)19(2)30-23-16-29(3,4)17-24(31)27(23)26/h6-14,26-27H,5,15-18H2,1-4H3/t26-,27?/m0/s1. The SMILES string of the molecule is CCCOc1ccc([C@H]2C(C(=O)OCc3ccccc3)=C(C)N=C3CC(C)(C)CC(=O)C32)cc1. The minimum absolute atomic E-state index is 0.132. The van der Waals surface area contributed by atoms with Crippen molar-refractivity contribution in [3.05, 3.63) is 77.0 Å². The summed E-state index contributed by atoms with van der Waals surface area (Å²) in [5, 5.41) is 0. The average molecular weight is 460 g/mol. The van der Waals surface area contributed by atoms with E-state index in [-0.39, 0.29) is 17.8 Å². The predicted octanol–water partition coefficient (Wildman–Crippen LogP) is 6.04. The van der Waals surface area contributed by atoms with Gasteiger partial charge in [0, 0.05) is 23.7 Å². The number of nitrogens with zero attached hydrogens (tertiary/aromatic N) is 1. The van der Waals surface area contributed by atoms with Gasteiger partial charge in [-0.3, -0.25) is 9.79 Å². The summed E-state index contributed by atoms with van der Waals surface area (Å²) in [6.45, 7) is 8.93. The highest BCUT2D eigenvalue weighted by molar-refractivity contribution is 6.12. The topological polar surface area (TPSA) is 65.0 Å². The zero-order valence-corrected chi connectivity index (χ0v) is 20.5. The van der Waals surface area contributed by atoms with E-state index >= 15 is 0 Å². The fraction of sp³-hybridized carbons (Fsp3) is 0.414. The highest BCUT2D eigenvalue weighted by atomic mass is 16.5. The smallest absolute Gasteiger partial charge is 0.336 e. The lowest BCUT2D eigenvalue weighted by atomic mass is 9.63. The molecule has 1 fully saturated rings. The highest BCUT2D eigenvalue weighted by Crippen LogP contribution is 2.47. The first-order valence-corrected chi connectivity index (χ1v) is 12.0. The van der Waals surface area contributed by atoms with Gasteiger partial charge in [0.15, 0.2) is 0 Å². The molecule has 5 heteroatoms. The normalized spacial score (nSPS) is 21.5. The van der Waals surface area contributed by atoms with Gasteiger partial charge in [0.25, 0.3) is 0 Å². The molecule has 5 nitrogen and oxygen atoms in total. The molecule has 1 heterocycles. The number of rotatable bonds is 7. The van der Waals surface area contributed by atoms with Crippen molar-refractivity contribution < 1.29 is 19.1 Å². The van der Waals surface area contributed by atoms with Gasteiger partial charge in [-0.1, -0.05) is 63.2 Å². The Balaban J connectivity index is 1.70. The Kier molecular flexibility index (Phi) is 7.01. The number of hydrogen-bond acceptors (Lipinski definition) is 5. The van der Waals surface area contributed by atoms with E-state index in [2.05, 4.69) is 20.8 Å². The van der Waals surface area contributed by atoms with E-state index in [1.54, 1.807) is 0 Å². The minimum Gasteiger partial charge on any atom is -0.494 e. The summed E-state index contributed by atoms with van der Waals surface area (Å²) in [6.07, 6.45) is 2.13. The van der Waals surface area contributed by atoms with Crippen LogP contribution in [0.4, 0.5) is 0 Å². The van der Waals surface area contributed by atoms with Crippen LogP contribution in [0.3, 0.4) is 0 Å². The molecule has 0 amide bonds. The van der Waals surface area contributed by atoms with Crippen molar-refractivity contribution in [1.82, 2.24) is 0 Å². The number of benzene rings is 2. The largest absolute Gasteiger partial charge is 0.494 e. The molecule has 0 N–H and O–H groups in total. The summed E-state index contributed by atoms with van der Waals surface area (Å²) < 4.78 is 11.5. The Labute approximate surface area is 201 Å². The summed E-state index contributed by atoms with van der Waals surface area (Å²) >= 11 is 0. The second-order valence-electron chi connectivity index (χ2n) is 10.0. The van der Waals surface area contributed by atoms with E-state index in [4.69, 9.17) is 14.5 Å². The van der Waals surface area contributed by atoms with Crippen LogP contribution < -0.4 is 4.74 Å². The number of allylic oxidation sites excluding steroid dienone is 1.